The van der Waals surface area contributed by atoms with Gasteiger partial charge in [0.25, 0.3) is 5.91 Å². The van der Waals surface area contributed by atoms with E-state index in [0.29, 0.717) is 18.7 Å². The van der Waals surface area contributed by atoms with E-state index in [1.807, 2.05) is 39.3 Å². The number of ether oxygens (including phenoxy) is 1. The van der Waals surface area contributed by atoms with Crippen LogP contribution in [0.4, 0.5) is 10.2 Å². The fourth-order valence-electron chi connectivity index (χ4n) is 5.25. The van der Waals surface area contributed by atoms with Gasteiger partial charge in [-0.2, -0.15) is 9.40 Å². The van der Waals surface area contributed by atoms with Crippen molar-refractivity contribution in [2.24, 2.45) is 7.05 Å². The number of piperidine rings is 1. The molecule has 0 bridgehead atoms. The van der Waals surface area contributed by atoms with Crippen molar-refractivity contribution in [1.82, 2.24) is 24.0 Å². The quantitative estimate of drug-likeness (QED) is 0.325. The van der Waals surface area contributed by atoms with Gasteiger partial charge in [0.15, 0.2) is 0 Å². The van der Waals surface area contributed by atoms with Gasteiger partial charge in [-0.05, 0) is 81.1 Å². The first kappa shape index (κ1) is 28.3. The molecule has 2 aliphatic rings. The second-order valence-electron chi connectivity index (χ2n) is 11.1. The third-order valence-electron chi connectivity index (χ3n) is 7.93. The molecule has 1 saturated carbocycles. The monoisotopic (exact) mass is 592 g/mol. The van der Waals surface area contributed by atoms with Crippen molar-refractivity contribution in [3.63, 3.8) is 0 Å². The number of rotatable bonds is 8. The molecule has 0 radical (unpaired) electrons. The molecule has 3 heterocycles. The lowest BCUT2D eigenvalue weighted by Crippen LogP contribution is -2.44. The van der Waals surface area contributed by atoms with E-state index in [2.05, 4.69) is 20.3 Å². The highest BCUT2D eigenvalue weighted by Gasteiger charge is 2.32. The van der Waals surface area contributed by atoms with E-state index in [1.165, 1.54) is 10.4 Å². The zero-order valence-corrected chi connectivity index (χ0v) is 24.6. The molecule has 0 unspecified atom stereocenters. The molecule has 12 heteroatoms. The number of nitrogens with one attached hydrogen (secondary N) is 1. The van der Waals surface area contributed by atoms with Crippen LogP contribution < -0.4 is 10.1 Å². The van der Waals surface area contributed by atoms with Crippen LogP contribution in [0.5, 0.6) is 5.88 Å². The van der Waals surface area contributed by atoms with Crippen molar-refractivity contribution in [3.05, 3.63) is 66.2 Å². The molecule has 42 heavy (non-hydrogen) atoms. The molecule has 6 rings (SSSR count). The number of carbonyl (C=O) groups is 1. The second kappa shape index (κ2) is 11.1. The summed E-state index contributed by atoms with van der Waals surface area (Å²) in [5.74, 6) is -0.487. The van der Waals surface area contributed by atoms with Crippen LogP contribution in [-0.2, 0) is 17.1 Å². The minimum absolute atomic E-state index is 0.0195. The molecule has 1 aliphatic heterocycles. The molecule has 0 spiro atoms. The van der Waals surface area contributed by atoms with Gasteiger partial charge in [0.05, 0.1) is 11.8 Å². The number of carbonyl (C=O) groups excluding carboxylic acids is 1. The summed E-state index contributed by atoms with van der Waals surface area (Å²) >= 11 is 0. The fourth-order valence-corrected chi connectivity index (χ4v) is 6.81. The normalized spacial score (nSPS) is 16.7. The smallest absolute Gasteiger partial charge is 0.256 e. The van der Waals surface area contributed by atoms with Gasteiger partial charge in [-0.1, -0.05) is 12.1 Å². The topological polar surface area (TPSA) is 110 Å². The van der Waals surface area contributed by atoms with E-state index in [-0.39, 0.29) is 36.6 Å². The van der Waals surface area contributed by atoms with E-state index < -0.39 is 26.6 Å². The molecule has 0 atom stereocenters. The number of fused-ring (bicyclic) bond motifs is 1. The lowest BCUT2D eigenvalue weighted by Gasteiger charge is -2.34. The van der Waals surface area contributed by atoms with Gasteiger partial charge >= 0.3 is 0 Å². The minimum Gasteiger partial charge on any atom is -0.474 e. The highest BCUT2D eigenvalue weighted by molar-refractivity contribution is 7.89. The van der Waals surface area contributed by atoms with Gasteiger partial charge in [-0.25, -0.2) is 22.5 Å². The van der Waals surface area contributed by atoms with Gasteiger partial charge in [-0.15, -0.1) is 0 Å². The van der Waals surface area contributed by atoms with E-state index in [9.17, 15) is 17.6 Å². The summed E-state index contributed by atoms with van der Waals surface area (Å²) in [6.45, 7) is 0.578. The predicted octanol–water partition coefficient (Wildman–Crippen LogP) is 4.28. The molecule has 2 fully saturated rings. The van der Waals surface area contributed by atoms with E-state index in [1.54, 1.807) is 23.1 Å². The number of halogens is 1. The number of sulfonamides is 1. The predicted molar refractivity (Wildman–Crippen MR) is 157 cm³/mol. The van der Waals surface area contributed by atoms with Gasteiger partial charge < -0.3 is 15.0 Å². The van der Waals surface area contributed by atoms with Crippen molar-refractivity contribution in [2.75, 3.05) is 32.5 Å². The first-order valence-electron chi connectivity index (χ1n) is 14.0. The Hall–Kier alpha value is -3.87. The zero-order valence-electron chi connectivity index (χ0n) is 23.7. The van der Waals surface area contributed by atoms with Gasteiger partial charge in [-0.3, -0.25) is 4.79 Å². The van der Waals surface area contributed by atoms with E-state index in [4.69, 9.17) is 4.74 Å². The van der Waals surface area contributed by atoms with Crippen LogP contribution in [0, 0.1) is 5.82 Å². The van der Waals surface area contributed by atoms with Crippen LogP contribution in [0.2, 0.25) is 0 Å². The Bertz CT molecular complexity index is 1760. The highest BCUT2D eigenvalue weighted by atomic mass is 32.2. The molecule has 1 amide bonds. The van der Waals surface area contributed by atoms with Crippen LogP contribution in [0.15, 0.2) is 59.8 Å². The van der Waals surface area contributed by atoms with Crippen LogP contribution in [0.25, 0.3) is 21.9 Å². The molecular weight excluding hydrogens is 559 g/mol. The third-order valence-corrected chi connectivity index (χ3v) is 9.84. The summed E-state index contributed by atoms with van der Waals surface area (Å²) in [6.07, 6.45) is 7.02. The Balaban J connectivity index is 1.22. The summed E-state index contributed by atoms with van der Waals surface area (Å²) in [5, 5.41) is 8.80. The molecule has 2 aromatic carbocycles. The number of amides is 1. The number of pyridine rings is 1. The van der Waals surface area contributed by atoms with Crippen molar-refractivity contribution in [3.8, 4) is 17.0 Å². The van der Waals surface area contributed by atoms with E-state index >= 15 is 0 Å². The summed E-state index contributed by atoms with van der Waals surface area (Å²) < 4.78 is 50.5. The Labute approximate surface area is 244 Å². The Morgan fingerprint density at radius 1 is 1.02 bits per heavy atom. The van der Waals surface area contributed by atoms with Crippen LogP contribution in [0.3, 0.4) is 0 Å². The van der Waals surface area contributed by atoms with Crippen molar-refractivity contribution < 1.29 is 22.3 Å². The van der Waals surface area contributed by atoms with Crippen LogP contribution in [-0.4, -0.2) is 77.6 Å². The Morgan fingerprint density at radius 2 is 1.79 bits per heavy atom. The molecule has 2 aromatic heterocycles. The van der Waals surface area contributed by atoms with Gasteiger partial charge in [0.1, 0.15) is 22.6 Å². The number of aromatic nitrogens is 3. The van der Waals surface area contributed by atoms with Crippen molar-refractivity contribution in [2.45, 2.75) is 42.7 Å². The number of hydrogen-bond donors (Lipinski definition) is 1. The lowest BCUT2D eigenvalue weighted by atomic mass is 10.0. The van der Waals surface area contributed by atoms with Crippen molar-refractivity contribution >= 4 is 32.5 Å². The first-order valence-corrected chi connectivity index (χ1v) is 15.4. The number of benzene rings is 2. The molecule has 4 aromatic rings. The number of anilines is 1. The number of hydrogen-bond acceptors (Lipinski definition) is 7. The standard InChI is InChI=1S/C30H33FN6O4S/c1-35(2)23-10-12-37(13-11-23)42(39,40)27-15-20(6-9-26(27)31)29(38)34-28-16-22-14-19(4-5-21(22)17-32-28)25-18-33-36(3)30(25)41-24-7-8-24/h4-6,9,14-18,23-24H,7-8,10-13H2,1-3H3,(H,32,34,38). The second-order valence-corrected chi connectivity index (χ2v) is 13.0. The van der Waals surface area contributed by atoms with Crippen LogP contribution in [0.1, 0.15) is 36.0 Å². The lowest BCUT2D eigenvalue weighted by molar-refractivity contribution is 0.102. The number of nitrogens with zero attached hydrogens (tertiary/aromatic N) is 5. The number of aryl methyl sites for hydroxylation is 1. The highest BCUT2D eigenvalue weighted by Crippen LogP contribution is 2.36. The summed E-state index contributed by atoms with van der Waals surface area (Å²) in [7, 11) is 1.66. The maximum atomic E-state index is 14.8. The first-order chi connectivity index (χ1) is 20.1. The largest absolute Gasteiger partial charge is 0.474 e. The third kappa shape index (κ3) is 5.61. The SMILES string of the molecule is CN(C)C1CCN(S(=O)(=O)c2cc(C(=O)Nc3cc4cc(-c5cnn(C)c5OC5CC5)ccc4cn3)ccc2F)CC1. The molecular formula is C30H33FN6O4S. The average Bonchev–Trinajstić information content (AvgIpc) is 3.73. The fraction of sp³-hybridized carbons (Fsp3) is 0.367. The summed E-state index contributed by atoms with van der Waals surface area (Å²) in [4.78, 5) is 19.1. The summed E-state index contributed by atoms with van der Waals surface area (Å²) in [5.41, 5.74) is 1.81. The zero-order chi connectivity index (χ0) is 29.6. The minimum atomic E-state index is -4.11. The Morgan fingerprint density at radius 3 is 2.50 bits per heavy atom. The maximum absolute atomic E-state index is 14.8. The van der Waals surface area contributed by atoms with E-state index in [0.717, 1.165) is 46.9 Å². The molecule has 220 valence electrons. The van der Waals surface area contributed by atoms with Gasteiger partial charge in [0, 0.05) is 43.3 Å². The summed E-state index contributed by atoms with van der Waals surface area (Å²) in [6, 6.07) is 11.3. The Kier molecular flexibility index (Phi) is 7.46. The molecule has 1 saturated heterocycles. The molecule has 1 aliphatic carbocycles. The molecule has 10 nitrogen and oxygen atoms in total. The molecule has 1 N–H and O–H groups in total. The van der Waals surface area contributed by atoms with Crippen LogP contribution >= 0.6 is 0 Å². The maximum Gasteiger partial charge on any atom is 0.256 e. The van der Waals surface area contributed by atoms with Gasteiger partial charge in [0.2, 0.25) is 15.9 Å². The average molecular weight is 593 g/mol. The van der Waals surface area contributed by atoms with Crippen molar-refractivity contribution in [1.29, 1.82) is 0 Å².